The Balaban J connectivity index is 1.70. The molecule has 180 valence electrons. The van der Waals surface area contributed by atoms with Gasteiger partial charge in [-0.25, -0.2) is 4.79 Å². The number of benzene rings is 1. The van der Waals surface area contributed by atoms with E-state index in [9.17, 15) is 19.2 Å². The Labute approximate surface area is 199 Å². The molecule has 0 aliphatic carbocycles. The zero-order valence-corrected chi connectivity index (χ0v) is 19.6. The van der Waals surface area contributed by atoms with Crippen LogP contribution >= 0.6 is 0 Å². The van der Waals surface area contributed by atoms with E-state index in [1.54, 1.807) is 26.1 Å². The van der Waals surface area contributed by atoms with Crippen molar-refractivity contribution in [3.8, 4) is 0 Å². The minimum absolute atomic E-state index is 0.0801. The monoisotopic (exact) mass is 465 g/mol. The van der Waals surface area contributed by atoms with Crippen LogP contribution in [0.15, 0.2) is 48.7 Å². The van der Waals surface area contributed by atoms with Crippen LogP contribution in [0.4, 0.5) is 4.79 Å². The average molecular weight is 466 g/mol. The molecule has 0 saturated carbocycles. The Hall–Kier alpha value is -3.55. The van der Waals surface area contributed by atoms with Crippen LogP contribution in [0.3, 0.4) is 0 Å². The lowest BCUT2D eigenvalue weighted by Gasteiger charge is -2.24. The van der Waals surface area contributed by atoms with Gasteiger partial charge in [0, 0.05) is 30.8 Å². The minimum Gasteiger partial charge on any atom is -0.445 e. The van der Waals surface area contributed by atoms with E-state index >= 15 is 0 Å². The third kappa shape index (κ3) is 6.97. The molecule has 2 aromatic rings. The van der Waals surface area contributed by atoms with E-state index in [0.717, 1.165) is 16.8 Å². The van der Waals surface area contributed by atoms with Crippen molar-refractivity contribution in [1.29, 1.82) is 0 Å². The predicted molar refractivity (Wildman–Crippen MR) is 126 cm³/mol. The number of pyridine rings is 1. The SMILES string of the molecule is CC(C)C(NC(=O)OCc1ccccc1)C(=O)CC1Cc2cccnc2CCCNC(=O)C1=O. The van der Waals surface area contributed by atoms with Crippen molar-refractivity contribution < 1.29 is 23.9 Å². The number of nitrogens with one attached hydrogen (secondary N) is 2. The van der Waals surface area contributed by atoms with Gasteiger partial charge in [-0.2, -0.15) is 0 Å². The van der Waals surface area contributed by atoms with Gasteiger partial charge in [-0.1, -0.05) is 50.2 Å². The molecule has 2 heterocycles. The number of ether oxygens (including phenoxy) is 1. The second kappa shape index (κ2) is 12.1. The molecule has 2 N–H and O–H groups in total. The molecule has 8 nitrogen and oxygen atoms in total. The second-order valence-electron chi connectivity index (χ2n) is 8.83. The minimum atomic E-state index is -0.845. The summed E-state index contributed by atoms with van der Waals surface area (Å²) in [4.78, 5) is 55.2. The third-order valence-electron chi connectivity index (χ3n) is 5.87. The number of fused-ring (bicyclic) bond motifs is 1. The van der Waals surface area contributed by atoms with Gasteiger partial charge >= 0.3 is 6.09 Å². The van der Waals surface area contributed by atoms with Gasteiger partial charge in [0.2, 0.25) is 5.78 Å². The molecule has 2 atom stereocenters. The molecule has 1 aliphatic heterocycles. The smallest absolute Gasteiger partial charge is 0.408 e. The zero-order chi connectivity index (χ0) is 24.5. The summed E-state index contributed by atoms with van der Waals surface area (Å²) in [6.07, 6.45) is 2.42. The fraction of sp³-hybridized carbons (Fsp3) is 0.423. The van der Waals surface area contributed by atoms with E-state index in [4.69, 9.17) is 4.74 Å². The number of aryl methyl sites for hydroxylation is 1. The molecule has 0 bridgehead atoms. The number of carbonyl (C=O) groups excluding carboxylic acids is 4. The van der Waals surface area contributed by atoms with Crippen molar-refractivity contribution in [2.24, 2.45) is 11.8 Å². The summed E-state index contributed by atoms with van der Waals surface area (Å²) >= 11 is 0. The summed E-state index contributed by atoms with van der Waals surface area (Å²) in [5.74, 6) is -2.69. The molecule has 2 unspecified atom stereocenters. The van der Waals surface area contributed by atoms with Crippen molar-refractivity contribution in [2.75, 3.05) is 6.54 Å². The van der Waals surface area contributed by atoms with Crippen LogP contribution in [0.5, 0.6) is 0 Å². The fourth-order valence-electron chi connectivity index (χ4n) is 4.02. The fourth-order valence-corrected chi connectivity index (χ4v) is 4.02. The van der Waals surface area contributed by atoms with Crippen molar-refractivity contribution in [1.82, 2.24) is 15.6 Å². The van der Waals surface area contributed by atoms with Gasteiger partial charge in [0.05, 0.1) is 6.04 Å². The highest BCUT2D eigenvalue weighted by Crippen LogP contribution is 2.21. The predicted octanol–water partition coefficient (Wildman–Crippen LogP) is 2.78. The maximum absolute atomic E-state index is 13.2. The van der Waals surface area contributed by atoms with E-state index in [0.29, 0.717) is 19.4 Å². The molecule has 1 aromatic carbocycles. The average Bonchev–Trinajstić information content (AvgIpc) is 2.83. The summed E-state index contributed by atoms with van der Waals surface area (Å²) in [6.45, 7) is 4.06. The number of ketones is 2. The van der Waals surface area contributed by atoms with Gasteiger partial charge in [-0.15, -0.1) is 0 Å². The molecular formula is C26H31N3O5. The molecule has 3 rings (SSSR count). The highest BCUT2D eigenvalue weighted by atomic mass is 16.5. The largest absolute Gasteiger partial charge is 0.445 e. The zero-order valence-electron chi connectivity index (χ0n) is 19.6. The summed E-state index contributed by atoms with van der Waals surface area (Å²) in [6, 6.07) is 12.0. The van der Waals surface area contributed by atoms with Gasteiger partial charge in [0.1, 0.15) is 6.61 Å². The van der Waals surface area contributed by atoms with E-state index in [1.165, 1.54) is 0 Å². The van der Waals surface area contributed by atoms with Crippen LogP contribution in [-0.2, 0) is 38.6 Å². The maximum Gasteiger partial charge on any atom is 0.408 e. The van der Waals surface area contributed by atoms with Crippen LogP contribution in [0.25, 0.3) is 0 Å². The Kier molecular flexibility index (Phi) is 8.90. The van der Waals surface area contributed by atoms with Crippen LogP contribution in [0, 0.1) is 11.8 Å². The number of carbonyl (C=O) groups is 4. The molecule has 1 aliphatic rings. The molecule has 1 aromatic heterocycles. The summed E-state index contributed by atoms with van der Waals surface area (Å²) in [5, 5.41) is 5.27. The first-order chi connectivity index (χ1) is 16.3. The van der Waals surface area contributed by atoms with Crippen LogP contribution < -0.4 is 10.6 Å². The molecule has 8 heteroatoms. The molecule has 0 spiro atoms. The van der Waals surface area contributed by atoms with Crippen LogP contribution in [0.1, 0.15) is 43.5 Å². The van der Waals surface area contributed by atoms with E-state index in [-0.39, 0.29) is 31.1 Å². The number of aromatic nitrogens is 1. The van der Waals surface area contributed by atoms with Gasteiger partial charge in [0.25, 0.3) is 5.91 Å². The van der Waals surface area contributed by atoms with Gasteiger partial charge in [-0.3, -0.25) is 19.4 Å². The first-order valence-corrected chi connectivity index (χ1v) is 11.6. The lowest BCUT2D eigenvalue weighted by atomic mass is 9.85. The number of hydrogen-bond acceptors (Lipinski definition) is 6. The first kappa shape index (κ1) is 25.1. The molecule has 0 fully saturated rings. The first-order valence-electron chi connectivity index (χ1n) is 11.6. The number of alkyl carbamates (subject to hydrolysis) is 1. The lowest BCUT2D eigenvalue weighted by Crippen LogP contribution is -2.46. The highest BCUT2D eigenvalue weighted by molar-refractivity contribution is 6.37. The number of hydrogen-bond donors (Lipinski definition) is 2. The Bertz CT molecular complexity index is 1020. The summed E-state index contributed by atoms with van der Waals surface area (Å²) < 4.78 is 5.26. The maximum atomic E-state index is 13.2. The molecular weight excluding hydrogens is 434 g/mol. The van der Waals surface area contributed by atoms with Crippen LogP contribution in [-0.4, -0.2) is 41.1 Å². The number of rotatable bonds is 7. The molecule has 34 heavy (non-hydrogen) atoms. The quantitative estimate of drug-likeness (QED) is 0.608. The third-order valence-corrected chi connectivity index (χ3v) is 5.87. The van der Waals surface area contributed by atoms with Gasteiger partial charge in [0.15, 0.2) is 5.78 Å². The molecule has 2 amide bonds. The van der Waals surface area contributed by atoms with E-state index in [2.05, 4.69) is 15.6 Å². The van der Waals surface area contributed by atoms with Gasteiger partial charge < -0.3 is 15.4 Å². The Morgan fingerprint density at radius 2 is 1.91 bits per heavy atom. The van der Waals surface area contributed by atoms with E-state index < -0.39 is 29.7 Å². The Morgan fingerprint density at radius 3 is 2.65 bits per heavy atom. The van der Waals surface area contributed by atoms with Crippen molar-refractivity contribution in [3.05, 3.63) is 65.5 Å². The van der Waals surface area contributed by atoms with Crippen LogP contribution in [0.2, 0.25) is 0 Å². The van der Waals surface area contributed by atoms with E-state index in [1.807, 2.05) is 36.4 Å². The highest BCUT2D eigenvalue weighted by Gasteiger charge is 2.33. The Morgan fingerprint density at radius 1 is 1.15 bits per heavy atom. The van der Waals surface area contributed by atoms with Gasteiger partial charge in [-0.05, 0) is 42.4 Å². The second-order valence-corrected chi connectivity index (χ2v) is 8.83. The number of nitrogens with zero attached hydrogens (tertiary/aromatic N) is 1. The standard InChI is InChI=1S/C26H31N3O5/c1-17(2)23(29-26(33)34-16-18-8-4-3-5-9-18)22(30)15-20-14-19-10-6-12-27-21(19)11-7-13-28-25(32)24(20)31/h3-6,8-10,12,17,20,23H,7,11,13-16H2,1-2H3,(H,28,32)(H,29,33). The normalized spacial score (nSPS) is 17.3. The molecule has 0 radical (unpaired) electrons. The lowest BCUT2D eigenvalue weighted by molar-refractivity contribution is -0.141. The number of Topliss-reactive ketones (excluding diaryl/α,β-unsaturated/α-hetero) is 2. The van der Waals surface area contributed by atoms with Crippen molar-refractivity contribution in [2.45, 2.75) is 52.2 Å². The topological polar surface area (TPSA) is 114 Å². The summed E-state index contributed by atoms with van der Waals surface area (Å²) in [5.41, 5.74) is 2.56. The van der Waals surface area contributed by atoms with Crippen molar-refractivity contribution >= 4 is 23.6 Å². The van der Waals surface area contributed by atoms with Crippen molar-refractivity contribution in [3.63, 3.8) is 0 Å². The number of amides is 2. The summed E-state index contributed by atoms with van der Waals surface area (Å²) in [7, 11) is 0. The molecule has 0 saturated heterocycles.